The van der Waals surface area contributed by atoms with Crippen molar-refractivity contribution in [2.45, 2.75) is 6.92 Å². The summed E-state index contributed by atoms with van der Waals surface area (Å²) in [6.45, 7) is 4.48. The highest BCUT2D eigenvalue weighted by Crippen LogP contribution is 2.28. The average Bonchev–Trinajstić information content (AvgIpc) is 2.25. The summed E-state index contributed by atoms with van der Waals surface area (Å²) >= 11 is 6.05. The van der Waals surface area contributed by atoms with Gasteiger partial charge in [-0.15, -0.1) is 0 Å². The van der Waals surface area contributed by atoms with E-state index in [0.717, 1.165) is 18.8 Å². The second-order valence-corrected chi connectivity index (χ2v) is 3.59. The Morgan fingerprint density at radius 2 is 2.20 bits per heavy atom. The molecule has 0 atom stereocenters. The molecule has 0 aromatic heterocycles. The summed E-state index contributed by atoms with van der Waals surface area (Å²) in [5.74, 6) is 0.698. The number of methoxy groups -OCH3 is 1. The maximum atomic E-state index is 6.05. The van der Waals surface area contributed by atoms with Crippen molar-refractivity contribution in [3.8, 4) is 5.75 Å². The molecule has 4 heteroatoms. The lowest BCUT2D eigenvalue weighted by atomic mass is 10.2. The summed E-state index contributed by atoms with van der Waals surface area (Å²) in [6.07, 6.45) is 0. The molecule has 0 heterocycles. The van der Waals surface area contributed by atoms with E-state index in [4.69, 9.17) is 22.1 Å². The van der Waals surface area contributed by atoms with E-state index >= 15 is 0 Å². The molecule has 1 aromatic rings. The van der Waals surface area contributed by atoms with Gasteiger partial charge in [-0.2, -0.15) is 0 Å². The van der Waals surface area contributed by atoms with E-state index in [0.29, 0.717) is 17.3 Å². The van der Waals surface area contributed by atoms with E-state index < -0.39 is 0 Å². The minimum absolute atomic E-state index is 0.630. The van der Waals surface area contributed by atoms with Crippen LogP contribution < -0.4 is 15.4 Å². The maximum absolute atomic E-state index is 6.05. The molecule has 0 aliphatic heterocycles. The van der Waals surface area contributed by atoms with E-state index in [1.165, 1.54) is 0 Å². The Kier molecular flexibility index (Phi) is 4.72. The number of likely N-dealkylation sites (N-methyl/N-ethyl adjacent to an activating group) is 1. The molecule has 15 heavy (non-hydrogen) atoms. The van der Waals surface area contributed by atoms with Gasteiger partial charge in [0, 0.05) is 25.3 Å². The summed E-state index contributed by atoms with van der Waals surface area (Å²) in [7, 11) is 1.61. The predicted octanol–water partition coefficient (Wildman–Crippen LogP) is 2.13. The molecule has 0 saturated carbocycles. The molecule has 3 nitrogen and oxygen atoms in total. The van der Waals surface area contributed by atoms with Crippen molar-refractivity contribution < 1.29 is 4.74 Å². The van der Waals surface area contributed by atoms with Gasteiger partial charge in [0.05, 0.1) is 12.1 Å². The number of ether oxygens (including phenoxy) is 1. The van der Waals surface area contributed by atoms with Gasteiger partial charge in [-0.25, -0.2) is 0 Å². The Hall–Kier alpha value is -0.930. The third-order valence-corrected chi connectivity index (χ3v) is 2.58. The number of benzene rings is 1. The Morgan fingerprint density at radius 3 is 2.67 bits per heavy atom. The summed E-state index contributed by atoms with van der Waals surface area (Å²) < 4.78 is 5.10. The second-order valence-electron chi connectivity index (χ2n) is 3.19. The van der Waals surface area contributed by atoms with Crippen molar-refractivity contribution in [1.29, 1.82) is 0 Å². The lowest BCUT2D eigenvalue weighted by molar-refractivity contribution is 0.415. The standard InChI is InChI=1S/C11H17ClN2O/c1-3-14(7-6-13)9-4-5-11(15-2)10(12)8-9/h4-5,8H,3,6-7,13H2,1-2H3. The molecule has 2 N–H and O–H groups in total. The third kappa shape index (κ3) is 3.01. The number of nitrogens with zero attached hydrogens (tertiary/aromatic N) is 1. The summed E-state index contributed by atoms with van der Waals surface area (Å²) in [5.41, 5.74) is 6.61. The Labute approximate surface area is 95.8 Å². The van der Waals surface area contributed by atoms with Crippen LogP contribution in [0.2, 0.25) is 5.02 Å². The molecule has 84 valence electrons. The summed E-state index contributed by atoms with van der Waals surface area (Å²) in [4.78, 5) is 2.17. The predicted molar refractivity (Wildman–Crippen MR) is 64.9 cm³/mol. The zero-order chi connectivity index (χ0) is 11.3. The van der Waals surface area contributed by atoms with E-state index in [1.807, 2.05) is 18.2 Å². The van der Waals surface area contributed by atoms with Gasteiger partial charge in [-0.3, -0.25) is 0 Å². The first-order valence-electron chi connectivity index (χ1n) is 5.01. The van der Waals surface area contributed by atoms with Crippen LogP contribution in [-0.2, 0) is 0 Å². The van der Waals surface area contributed by atoms with Crippen LogP contribution in [0.5, 0.6) is 5.75 Å². The van der Waals surface area contributed by atoms with Crippen molar-refractivity contribution in [2.24, 2.45) is 5.73 Å². The van der Waals surface area contributed by atoms with Crippen LogP contribution >= 0.6 is 11.6 Å². The number of halogens is 1. The highest BCUT2D eigenvalue weighted by atomic mass is 35.5. The van der Waals surface area contributed by atoms with Gasteiger partial charge in [0.1, 0.15) is 5.75 Å². The molecule has 0 amide bonds. The van der Waals surface area contributed by atoms with Gasteiger partial charge in [-0.1, -0.05) is 11.6 Å². The summed E-state index contributed by atoms with van der Waals surface area (Å²) in [6, 6.07) is 5.76. The van der Waals surface area contributed by atoms with Crippen LogP contribution in [0.1, 0.15) is 6.92 Å². The largest absolute Gasteiger partial charge is 0.495 e. The first-order chi connectivity index (χ1) is 7.22. The first kappa shape index (κ1) is 12.1. The smallest absolute Gasteiger partial charge is 0.137 e. The molecule has 0 radical (unpaired) electrons. The zero-order valence-corrected chi connectivity index (χ0v) is 9.92. The third-order valence-electron chi connectivity index (χ3n) is 2.28. The molecule has 0 aliphatic carbocycles. The SMILES string of the molecule is CCN(CCN)c1ccc(OC)c(Cl)c1. The molecule has 0 unspecified atom stereocenters. The van der Waals surface area contributed by atoms with Gasteiger partial charge >= 0.3 is 0 Å². The van der Waals surface area contributed by atoms with E-state index in [-0.39, 0.29) is 0 Å². The average molecular weight is 229 g/mol. The highest BCUT2D eigenvalue weighted by Gasteiger charge is 2.06. The number of rotatable bonds is 5. The normalized spacial score (nSPS) is 10.1. The van der Waals surface area contributed by atoms with Crippen molar-refractivity contribution in [3.05, 3.63) is 23.2 Å². The number of anilines is 1. The van der Waals surface area contributed by atoms with Crippen LogP contribution in [-0.4, -0.2) is 26.7 Å². The van der Waals surface area contributed by atoms with E-state index in [2.05, 4.69) is 11.8 Å². The van der Waals surface area contributed by atoms with Crippen molar-refractivity contribution in [2.75, 3.05) is 31.6 Å². The molecule has 0 fully saturated rings. The van der Waals surface area contributed by atoms with Gasteiger partial charge < -0.3 is 15.4 Å². The monoisotopic (exact) mass is 228 g/mol. The molecule has 0 aliphatic rings. The maximum Gasteiger partial charge on any atom is 0.137 e. The van der Waals surface area contributed by atoms with Crippen molar-refractivity contribution >= 4 is 17.3 Å². The second kappa shape index (κ2) is 5.83. The zero-order valence-electron chi connectivity index (χ0n) is 9.16. The molecular formula is C11H17ClN2O. The minimum Gasteiger partial charge on any atom is -0.495 e. The van der Waals surface area contributed by atoms with Gasteiger partial charge in [0.25, 0.3) is 0 Å². The molecular weight excluding hydrogens is 212 g/mol. The van der Waals surface area contributed by atoms with Crippen molar-refractivity contribution in [3.63, 3.8) is 0 Å². The van der Waals surface area contributed by atoms with Crippen LogP contribution in [0.15, 0.2) is 18.2 Å². The fourth-order valence-electron chi connectivity index (χ4n) is 1.48. The quantitative estimate of drug-likeness (QED) is 0.839. The molecule has 0 spiro atoms. The lowest BCUT2D eigenvalue weighted by Gasteiger charge is -2.22. The van der Waals surface area contributed by atoms with Gasteiger partial charge in [0.2, 0.25) is 0 Å². The van der Waals surface area contributed by atoms with Gasteiger partial charge in [0.15, 0.2) is 0 Å². The Bertz CT molecular complexity index is 317. The topological polar surface area (TPSA) is 38.5 Å². The molecule has 0 bridgehead atoms. The van der Waals surface area contributed by atoms with Crippen LogP contribution in [0, 0.1) is 0 Å². The summed E-state index contributed by atoms with van der Waals surface area (Å²) in [5, 5.41) is 0.630. The van der Waals surface area contributed by atoms with Crippen LogP contribution in [0.4, 0.5) is 5.69 Å². The van der Waals surface area contributed by atoms with E-state index in [9.17, 15) is 0 Å². The fraction of sp³-hybridized carbons (Fsp3) is 0.455. The van der Waals surface area contributed by atoms with Crippen LogP contribution in [0.25, 0.3) is 0 Å². The number of hydrogen-bond donors (Lipinski definition) is 1. The number of hydrogen-bond acceptors (Lipinski definition) is 3. The van der Waals surface area contributed by atoms with Gasteiger partial charge in [-0.05, 0) is 25.1 Å². The Morgan fingerprint density at radius 1 is 1.47 bits per heavy atom. The lowest BCUT2D eigenvalue weighted by Crippen LogP contribution is -2.28. The molecule has 1 rings (SSSR count). The van der Waals surface area contributed by atoms with Crippen molar-refractivity contribution in [1.82, 2.24) is 0 Å². The van der Waals surface area contributed by atoms with E-state index in [1.54, 1.807) is 7.11 Å². The number of nitrogens with two attached hydrogens (primary N) is 1. The minimum atomic E-state index is 0.630. The first-order valence-corrected chi connectivity index (χ1v) is 5.39. The fourth-order valence-corrected chi connectivity index (χ4v) is 1.73. The molecule has 0 saturated heterocycles. The van der Waals surface area contributed by atoms with Crippen LogP contribution in [0.3, 0.4) is 0 Å². The Balaban J connectivity index is 2.89. The molecule has 1 aromatic carbocycles. The highest BCUT2D eigenvalue weighted by molar-refractivity contribution is 6.32.